The minimum Gasteiger partial charge on any atom is -0.314 e. The molecule has 0 atom stereocenters. The fraction of sp³-hybridized carbons (Fsp3) is 0.647. The molecule has 19 heavy (non-hydrogen) atoms. The molecule has 0 bridgehead atoms. The summed E-state index contributed by atoms with van der Waals surface area (Å²) in [5.74, 6) is 0. The van der Waals surface area contributed by atoms with Gasteiger partial charge < -0.3 is 5.32 Å². The van der Waals surface area contributed by atoms with Crippen LogP contribution in [0, 0.1) is 12.3 Å². The number of benzene rings is 1. The van der Waals surface area contributed by atoms with Gasteiger partial charge in [0.05, 0.1) is 0 Å². The predicted molar refractivity (Wildman–Crippen MR) is 82.3 cm³/mol. The maximum absolute atomic E-state index is 3.61. The first kappa shape index (κ1) is 14.5. The Hall–Kier alpha value is -0.860. The highest BCUT2D eigenvalue weighted by atomic mass is 15.2. The van der Waals surface area contributed by atoms with Crippen molar-refractivity contribution in [3.63, 3.8) is 0 Å². The highest BCUT2D eigenvalue weighted by molar-refractivity contribution is 5.21. The third-order valence-corrected chi connectivity index (χ3v) is 4.13. The molecule has 0 unspecified atom stereocenters. The number of rotatable bonds is 2. The monoisotopic (exact) mass is 260 g/mol. The van der Waals surface area contributed by atoms with E-state index in [1.807, 2.05) is 0 Å². The molecule has 106 valence electrons. The SMILES string of the molecule is Cc1ccc(CN2CC(C)(C)CNCC2(C)C)cc1. The Morgan fingerprint density at radius 1 is 1.05 bits per heavy atom. The molecule has 1 fully saturated rings. The van der Waals surface area contributed by atoms with E-state index in [-0.39, 0.29) is 5.54 Å². The van der Waals surface area contributed by atoms with Gasteiger partial charge in [-0.2, -0.15) is 0 Å². The molecular weight excluding hydrogens is 232 g/mol. The molecule has 1 heterocycles. The van der Waals surface area contributed by atoms with Gasteiger partial charge in [-0.15, -0.1) is 0 Å². The molecule has 0 aliphatic carbocycles. The van der Waals surface area contributed by atoms with Crippen LogP contribution in [0.25, 0.3) is 0 Å². The normalized spacial score (nSPS) is 23.0. The second-order valence-electron chi connectivity index (χ2n) is 7.42. The van der Waals surface area contributed by atoms with Gasteiger partial charge in [0, 0.05) is 31.7 Å². The number of aryl methyl sites for hydroxylation is 1. The molecule has 0 radical (unpaired) electrons. The quantitative estimate of drug-likeness (QED) is 0.878. The Balaban J connectivity index is 2.16. The van der Waals surface area contributed by atoms with Crippen LogP contribution in [0.1, 0.15) is 38.8 Å². The van der Waals surface area contributed by atoms with E-state index in [2.05, 4.69) is 69.1 Å². The summed E-state index contributed by atoms with van der Waals surface area (Å²) in [5, 5.41) is 3.61. The fourth-order valence-corrected chi connectivity index (χ4v) is 2.79. The average molecular weight is 260 g/mol. The van der Waals surface area contributed by atoms with E-state index in [4.69, 9.17) is 0 Å². The summed E-state index contributed by atoms with van der Waals surface area (Å²) >= 11 is 0. The fourth-order valence-electron chi connectivity index (χ4n) is 2.79. The second kappa shape index (κ2) is 5.26. The Bertz CT molecular complexity index is 417. The summed E-state index contributed by atoms with van der Waals surface area (Å²) in [7, 11) is 0. The first-order chi connectivity index (χ1) is 8.78. The molecular formula is C17H28N2. The predicted octanol–water partition coefficient (Wildman–Crippen LogP) is 3.21. The maximum atomic E-state index is 3.61. The molecule has 0 saturated carbocycles. The van der Waals surface area contributed by atoms with Crippen molar-refractivity contribution in [2.75, 3.05) is 19.6 Å². The minimum atomic E-state index is 0.207. The third kappa shape index (κ3) is 3.80. The molecule has 0 spiro atoms. The Kier molecular flexibility index (Phi) is 4.03. The zero-order valence-electron chi connectivity index (χ0n) is 13.1. The van der Waals surface area contributed by atoms with E-state index in [0.29, 0.717) is 5.41 Å². The van der Waals surface area contributed by atoms with Crippen LogP contribution in [0.3, 0.4) is 0 Å². The highest BCUT2D eigenvalue weighted by Crippen LogP contribution is 2.27. The van der Waals surface area contributed by atoms with E-state index >= 15 is 0 Å². The number of hydrogen-bond acceptors (Lipinski definition) is 2. The van der Waals surface area contributed by atoms with Crippen molar-refractivity contribution in [3.8, 4) is 0 Å². The summed E-state index contributed by atoms with van der Waals surface area (Å²) in [5.41, 5.74) is 3.29. The zero-order chi connectivity index (χ0) is 14.1. The molecule has 1 aromatic rings. The van der Waals surface area contributed by atoms with E-state index in [0.717, 1.165) is 26.2 Å². The van der Waals surface area contributed by atoms with Gasteiger partial charge in [-0.1, -0.05) is 43.7 Å². The molecule has 2 rings (SSSR count). The molecule has 0 aromatic heterocycles. The van der Waals surface area contributed by atoms with Crippen molar-refractivity contribution >= 4 is 0 Å². The lowest BCUT2D eigenvalue weighted by Gasteiger charge is -2.39. The maximum Gasteiger partial charge on any atom is 0.0281 e. The summed E-state index contributed by atoms with van der Waals surface area (Å²) in [4.78, 5) is 2.62. The Morgan fingerprint density at radius 3 is 2.32 bits per heavy atom. The molecule has 1 N–H and O–H groups in total. The van der Waals surface area contributed by atoms with Gasteiger partial charge in [0.1, 0.15) is 0 Å². The van der Waals surface area contributed by atoms with Crippen LogP contribution in [0.2, 0.25) is 0 Å². The number of nitrogens with one attached hydrogen (secondary N) is 1. The Labute approximate surface area is 118 Å². The largest absolute Gasteiger partial charge is 0.314 e. The molecule has 0 amide bonds. The lowest BCUT2D eigenvalue weighted by Crippen LogP contribution is -2.48. The molecule has 1 aliphatic rings. The molecule has 2 nitrogen and oxygen atoms in total. The van der Waals surface area contributed by atoms with Crippen molar-refractivity contribution < 1.29 is 0 Å². The lowest BCUT2D eigenvalue weighted by atomic mass is 9.92. The van der Waals surface area contributed by atoms with Crippen LogP contribution in [0.15, 0.2) is 24.3 Å². The first-order valence-corrected chi connectivity index (χ1v) is 7.30. The van der Waals surface area contributed by atoms with E-state index in [1.54, 1.807) is 0 Å². The summed E-state index contributed by atoms with van der Waals surface area (Å²) in [6, 6.07) is 8.95. The molecule has 1 aromatic carbocycles. The minimum absolute atomic E-state index is 0.207. The Morgan fingerprint density at radius 2 is 1.68 bits per heavy atom. The van der Waals surface area contributed by atoms with E-state index in [1.165, 1.54) is 11.1 Å². The number of nitrogens with zero attached hydrogens (tertiary/aromatic N) is 1. The first-order valence-electron chi connectivity index (χ1n) is 7.30. The van der Waals surface area contributed by atoms with Crippen molar-refractivity contribution in [2.24, 2.45) is 5.41 Å². The van der Waals surface area contributed by atoms with Gasteiger partial charge in [-0.3, -0.25) is 4.90 Å². The number of hydrogen-bond donors (Lipinski definition) is 1. The van der Waals surface area contributed by atoms with E-state index < -0.39 is 0 Å². The summed E-state index contributed by atoms with van der Waals surface area (Å²) < 4.78 is 0. The van der Waals surface area contributed by atoms with Gasteiger partial charge in [0.2, 0.25) is 0 Å². The zero-order valence-corrected chi connectivity index (χ0v) is 13.1. The average Bonchev–Trinajstić information content (AvgIpc) is 2.39. The highest BCUT2D eigenvalue weighted by Gasteiger charge is 2.34. The molecule has 1 aliphatic heterocycles. The van der Waals surface area contributed by atoms with Gasteiger partial charge in [0.15, 0.2) is 0 Å². The second-order valence-corrected chi connectivity index (χ2v) is 7.42. The van der Waals surface area contributed by atoms with Crippen LogP contribution < -0.4 is 5.32 Å². The van der Waals surface area contributed by atoms with Crippen LogP contribution in [0.4, 0.5) is 0 Å². The smallest absolute Gasteiger partial charge is 0.0281 e. The van der Waals surface area contributed by atoms with Crippen molar-refractivity contribution in [1.29, 1.82) is 0 Å². The van der Waals surface area contributed by atoms with Crippen molar-refractivity contribution in [1.82, 2.24) is 10.2 Å². The van der Waals surface area contributed by atoms with Crippen LogP contribution >= 0.6 is 0 Å². The standard InChI is InChI=1S/C17H28N2/c1-14-6-8-15(9-7-14)10-19-13-16(2,3)11-18-12-17(19,4)5/h6-9,18H,10-13H2,1-5H3. The van der Waals surface area contributed by atoms with Crippen LogP contribution in [0.5, 0.6) is 0 Å². The summed E-state index contributed by atoms with van der Waals surface area (Å²) in [6.07, 6.45) is 0. The van der Waals surface area contributed by atoms with Gasteiger partial charge >= 0.3 is 0 Å². The topological polar surface area (TPSA) is 15.3 Å². The van der Waals surface area contributed by atoms with Gasteiger partial charge in [-0.25, -0.2) is 0 Å². The van der Waals surface area contributed by atoms with Gasteiger partial charge in [-0.05, 0) is 31.7 Å². The summed E-state index contributed by atoms with van der Waals surface area (Å²) in [6.45, 7) is 15.9. The van der Waals surface area contributed by atoms with Crippen LogP contribution in [-0.2, 0) is 6.54 Å². The third-order valence-electron chi connectivity index (χ3n) is 4.13. The van der Waals surface area contributed by atoms with Crippen molar-refractivity contribution in [2.45, 2.75) is 46.7 Å². The molecule has 2 heteroatoms. The van der Waals surface area contributed by atoms with Crippen molar-refractivity contribution in [3.05, 3.63) is 35.4 Å². The van der Waals surface area contributed by atoms with Gasteiger partial charge in [0.25, 0.3) is 0 Å². The lowest BCUT2D eigenvalue weighted by molar-refractivity contribution is 0.0921. The molecule has 1 saturated heterocycles. The van der Waals surface area contributed by atoms with E-state index in [9.17, 15) is 0 Å². The van der Waals surface area contributed by atoms with Crippen LogP contribution in [-0.4, -0.2) is 30.1 Å².